The van der Waals surface area contributed by atoms with Gasteiger partial charge in [0.15, 0.2) is 0 Å². The molecule has 150 valence electrons. The summed E-state index contributed by atoms with van der Waals surface area (Å²) in [6, 6.07) is 10.4. The van der Waals surface area contributed by atoms with E-state index in [0.717, 1.165) is 16.7 Å². The molecule has 2 amide bonds. The van der Waals surface area contributed by atoms with Crippen molar-refractivity contribution in [3.05, 3.63) is 82.9 Å². The lowest BCUT2D eigenvalue weighted by Gasteiger charge is -2.12. The summed E-state index contributed by atoms with van der Waals surface area (Å²) in [5, 5.41) is 2.83. The Kier molecular flexibility index (Phi) is 6.40. The molecular formula is C23H20N4O3. The number of nitrogens with one attached hydrogen (secondary N) is 1. The SMILES string of the molecule is CC#Cc1ccc(C(=O)Nc2ccc(C)c(COc3cncc(C(N)=O)c3)c2)nc1. The van der Waals surface area contributed by atoms with Gasteiger partial charge in [-0.2, -0.15) is 0 Å². The lowest BCUT2D eigenvalue weighted by Crippen LogP contribution is -2.14. The quantitative estimate of drug-likeness (QED) is 0.618. The first kappa shape index (κ1) is 20.6. The summed E-state index contributed by atoms with van der Waals surface area (Å²) in [7, 11) is 0. The van der Waals surface area contributed by atoms with Crippen molar-refractivity contribution in [2.75, 3.05) is 5.32 Å². The first-order valence-electron chi connectivity index (χ1n) is 9.13. The fourth-order valence-corrected chi connectivity index (χ4v) is 2.64. The van der Waals surface area contributed by atoms with Gasteiger partial charge in [-0.15, -0.1) is 5.92 Å². The molecule has 0 fully saturated rings. The van der Waals surface area contributed by atoms with Crippen molar-refractivity contribution in [2.45, 2.75) is 20.5 Å². The number of anilines is 1. The molecular weight excluding hydrogens is 380 g/mol. The Bertz CT molecular complexity index is 1150. The van der Waals surface area contributed by atoms with Crippen molar-refractivity contribution in [3.63, 3.8) is 0 Å². The van der Waals surface area contributed by atoms with Crippen LogP contribution in [0.3, 0.4) is 0 Å². The molecule has 0 spiro atoms. The van der Waals surface area contributed by atoms with E-state index in [1.165, 1.54) is 18.5 Å². The molecule has 0 unspecified atom stereocenters. The molecule has 7 nitrogen and oxygen atoms in total. The van der Waals surface area contributed by atoms with Crippen molar-refractivity contribution < 1.29 is 14.3 Å². The molecule has 2 heterocycles. The predicted octanol–water partition coefficient (Wildman–Crippen LogP) is 3.09. The summed E-state index contributed by atoms with van der Waals surface area (Å²) >= 11 is 0. The third kappa shape index (κ3) is 5.20. The first-order chi connectivity index (χ1) is 14.5. The van der Waals surface area contributed by atoms with Crippen molar-refractivity contribution in [1.82, 2.24) is 9.97 Å². The molecule has 2 aromatic heterocycles. The van der Waals surface area contributed by atoms with E-state index in [-0.39, 0.29) is 18.1 Å². The van der Waals surface area contributed by atoms with Gasteiger partial charge in [-0.1, -0.05) is 12.0 Å². The van der Waals surface area contributed by atoms with E-state index in [1.54, 1.807) is 25.3 Å². The number of primary amides is 1. The standard InChI is InChI=1S/C23H20N4O3/c1-3-4-16-6-8-21(26-11-16)23(29)27-19-7-5-15(2)18(9-19)14-30-20-10-17(22(24)28)12-25-13-20/h5-13H,14H2,1-2H3,(H2,24,28)(H,27,29). The van der Waals surface area contributed by atoms with Gasteiger partial charge >= 0.3 is 0 Å². The summed E-state index contributed by atoms with van der Waals surface area (Å²) in [5.41, 5.74) is 9.07. The zero-order chi connectivity index (χ0) is 21.5. The second kappa shape index (κ2) is 9.34. The zero-order valence-corrected chi connectivity index (χ0v) is 16.6. The highest BCUT2D eigenvalue weighted by molar-refractivity contribution is 6.02. The van der Waals surface area contributed by atoms with E-state index in [2.05, 4.69) is 27.1 Å². The van der Waals surface area contributed by atoms with Crippen LogP contribution in [0.5, 0.6) is 5.75 Å². The molecule has 0 aliphatic carbocycles. The summed E-state index contributed by atoms with van der Waals surface area (Å²) in [6.45, 7) is 3.92. The fraction of sp³-hybridized carbons (Fsp3) is 0.130. The largest absolute Gasteiger partial charge is 0.487 e. The second-order valence-corrected chi connectivity index (χ2v) is 6.46. The summed E-state index contributed by atoms with van der Waals surface area (Å²) in [5.74, 6) is 5.21. The number of rotatable bonds is 6. The molecule has 3 aromatic rings. The van der Waals surface area contributed by atoms with Gasteiger partial charge in [-0.25, -0.2) is 4.98 Å². The van der Waals surface area contributed by atoms with Gasteiger partial charge in [0.2, 0.25) is 5.91 Å². The van der Waals surface area contributed by atoms with Gasteiger partial charge in [0, 0.05) is 23.6 Å². The van der Waals surface area contributed by atoms with E-state index < -0.39 is 5.91 Å². The number of carbonyl (C=O) groups is 2. The van der Waals surface area contributed by atoms with Crippen LogP contribution >= 0.6 is 0 Å². The maximum atomic E-state index is 12.5. The van der Waals surface area contributed by atoms with Gasteiger partial charge in [0.25, 0.3) is 5.91 Å². The van der Waals surface area contributed by atoms with Crippen molar-refractivity contribution in [2.24, 2.45) is 5.73 Å². The minimum atomic E-state index is -0.572. The van der Waals surface area contributed by atoms with Crippen LogP contribution in [0.25, 0.3) is 0 Å². The Labute approximate surface area is 174 Å². The molecule has 3 rings (SSSR count). The zero-order valence-electron chi connectivity index (χ0n) is 16.6. The Morgan fingerprint density at radius 3 is 2.67 bits per heavy atom. The molecule has 0 aliphatic heterocycles. The third-order valence-corrected chi connectivity index (χ3v) is 4.26. The van der Waals surface area contributed by atoms with Crippen LogP contribution in [0.2, 0.25) is 0 Å². The number of pyridine rings is 2. The average molecular weight is 400 g/mol. The number of hydrogen-bond donors (Lipinski definition) is 2. The van der Waals surface area contributed by atoms with Gasteiger partial charge in [0.1, 0.15) is 18.1 Å². The van der Waals surface area contributed by atoms with Crippen LogP contribution < -0.4 is 15.8 Å². The van der Waals surface area contributed by atoms with Crippen LogP contribution in [0.15, 0.2) is 55.0 Å². The van der Waals surface area contributed by atoms with E-state index in [9.17, 15) is 9.59 Å². The molecule has 0 atom stereocenters. The molecule has 0 saturated heterocycles. The van der Waals surface area contributed by atoms with Crippen LogP contribution in [0.4, 0.5) is 5.69 Å². The van der Waals surface area contributed by atoms with Gasteiger partial charge in [-0.05, 0) is 55.3 Å². The molecule has 0 saturated carbocycles. The van der Waals surface area contributed by atoms with Crippen LogP contribution in [-0.4, -0.2) is 21.8 Å². The summed E-state index contributed by atoms with van der Waals surface area (Å²) < 4.78 is 5.74. The third-order valence-electron chi connectivity index (χ3n) is 4.26. The number of nitrogens with two attached hydrogens (primary N) is 1. The molecule has 0 bridgehead atoms. The van der Waals surface area contributed by atoms with Crippen molar-refractivity contribution in [3.8, 4) is 17.6 Å². The molecule has 3 N–H and O–H groups in total. The molecule has 7 heteroatoms. The number of carbonyl (C=O) groups excluding carboxylic acids is 2. The monoisotopic (exact) mass is 400 g/mol. The van der Waals surface area contributed by atoms with E-state index in [0.29, 0.717) is 17.1 Å². The topological polar surface area (TPSA) is 107 Å². The number of hydrogen-bond acceptors (Lipinski definition) is 5. The van der Waals surface area contributed by atoms with Crippen LogP contribution in [0, 0.1) is 18.8 Å². The molecule has 0 radical (unpaired) electrons. The number of nitrogens with zero attached hydrogens (tertiary/aromatic N) is 2. The Balaban J connectivity index is 1.70. The number of aryl methyl sites for hydroxylation is 1. The van der Waals surface area contributed by atoms with Gasteiger partial charge in [-0.3, -0.25) is 14.6 Å². The number of ether oxygens (including phenoxy) is 1. The molecule has 30 heavy (non-hydrogen) atoms. The molecule has 1 aromatic carbocycles. The number of aromatic nitrogens is 2. The van der Waals surface area contributed by atoms with E-state index >= 15 is 0 Å². The number of amides is 2. The lowest BCUT2D eigenvalue weighted by molar-refractivity contribution is 0.0996. The maximum Gasteiger partial charge on any atom is 0.274 e. The van der Waals surface area contributed by atoms with Crippen molar-refractivity contribution in [1.29, 1.82) is 0 Å². The van der Waals surface area contributed by atoms with Gasteiger partial charge < -0.3 is 15.8 Å². The minimum absolute atomic E-state index is 0.238. The average Bonchev–Trinajstić information content (AvgIpc) is 2.75. The number of benzene rings is 1. The normalized spacial score (nSPS) is 9.93. The van der Waals surface area contributed by atoms with E-state index in [4.69, 9.17) is 10.5 Å². The first-order valence-corrected chi connectivity index (χ1v) is 9.13. The summed E-state index contributed by atoms with van der Waals surface area (Å²) in [4.78, 5) is 31.8. The fourth-order valence-electron chi connectivity index (χ4n) is 2.64. The Morgan fingerprint density at radius 1 is 1.13 bits per heavy atom. The van der Waals surface area contributed by atoms with E-state index in [1.807, 2.05) is 25.1 Å². The molecule has 0 aliphatic rings. The highest BCUT2D eigenvalue weighted by Gasteiger charge is 2.10. The lowest BCUT2D eigenvalue weighted by atomic mass is 10.1. The van der Waals surface area contributed by atoms with Crippen LogP contribution in [-0.2, 0) is 6.61 Å². The smallest absolute Gasteiger partial charge is 0.274 e. The minimum Gasteiger partial charge on any atom is -0.487 e. The highest BCUT2D eigenvalue weighted by atomic mass is 16.5. The predicted molar refractivity (Wildman–Crippen MR) is 113 cm³/mol. The Morgan fingerprint density at radius 2 is 1.97 bits per heavy atom. The van der Waals surface area contributed by atoms with Crippen molar-refractivity contribution >= 4 is 17.5 Å². The van der Waals surface area contributed by atoms with Gasteiger partial charge in [0.05, 0.1) is 11.8 Å². The second-order valence-electron chi connectivity index (χ2n) is 6.46. The van der Waals surface area contributed by atoms with Crippen LogP contribution in [0.1, 0.15) is 44.5 Å². The maximum absolute atomic E-state index is 12.5. The Hall–Kier alpha value is -4.18. The summed E-state index contributed by atoms with van der Waals surface area (Å²) in [6.07, 6.45) is 4.45. The highest BCUT2D eigenvalue weighted by Crippen LogP contribution is 2.19.